The first-order valence-corrected chi connectivity index (χ1v) is 5.26. The molecule has 0 amide bonds. The van der Waals surface area contributed by atoms with Gasteiger partial charge in [-0.2, -0.15) is 8.78 Å². The van der Waals surface area contributed by atoms with Crippen molar-refractivity contribution in [2.24, 2.45) is 0 Å². The highest BCUT2D eigenvalue weighted by molar-refractivity contribution is 9.10. The second-order valence-corrected chi connectivity index (χ2v) is 4.35. The van der Waals surface area contributed by atoms with Crippen molar-refractivity contribution < 1.29 is 22.7 Å². The molecule has 0 aliphatic carbocycles. The molecule has 16 heavy (non-hydrogen) atoms. The van der Waals surface area contributed by atoms with E-state index in [1.165, 1.54) is 19.1 Å². The van der Waals surface area contributed by atoms with Gasteiger partial charge in [-0.05, 0) is 19.1 Å². The van der Waals surface area contributed by atoms with E-state index in [1.54, 1.807) is 0 Å². The molecular formula is C10H8BrF3O2. The Labute approximate surface area is 98.5 Å². The summed E-state index contributed by atoms with van der Waals surface area (Å²) in [6.07, 6.45) is 0. The third kappa shape index (κ3) is 2.98. The summed E-state index contributed by atoms with van der Waals surface area (Å²) in [4.78, 5) is 10.9. The summed E-state index contributed by atoms with van der Waals surface area (Å²) in [6, 6.07) is 3.54. The molecule has 1 unspecified atom stereocenters. The maximum Gasteiger partial charge on any atom is 0.387 e. The van der Waals surface area contributed by atoms with Gasteiger partial charge in [-0.1, -0.05) is 22.0 Å². The SMILES string of the molecule is CC(Br)C(=O)c1cccc(OC(F)F)c1F. The summed E-state index contributed by atoms with van der Waals surface area (Å²) < 4.78 is 41.3. The Kier molecular flexibility index (Phi) is 4.35. The van der Waals surface area contributed by atoms with E-state index in [4.69, 9.17) is 0 Å². The first-order valence-electron chi connectivity index (χ1n) is 4.35. The number of Topliss-reactive ketones (excluding diaryl/α,β-unsaturated/α-hetero) is 1. The van der Waals surface area contributed by atoms with E-state index in [9.17, 15) is 18.0 Å². The number of benzene rings is 1. The molecule has 0 bridgehead atoms. The number of halogens is 4. The highest BCUT2D eigenvalue weighted by atomic mass is 79.9. The zero-order valence-corrected chi connectivity index (χ0v) is 9.80. The molecule has 0 fully saturated rings. The molecule has 1 aromatic rings. The number of hydrogen-bond acceptors (Lipinski definition) is 2. The maximum absolute atomic E-state index is 13.5. The molecule has 0 aliphatic heterocycles. The average Bonchev–Trinajstić information content (AvgIpc) is 2.19. The minimum Gasteiger partial charge on any atom is -0.432 e. The van der Waals surface area contributed by atoms with E-state index in [2.05, 4.69) is 20.7 Å². The number of alkyl halides is 3. The van der Waals surface area contributed by atoms with E-state index in [-0.39, 0.29) is 5.56 Å². The summed E-state index contributed by atoms with van der Waals surface area (Å²) in [5.74, 6) is -2.23. The van der Waals surface area contributed by atoms with Crippen molar-refractivity contribution in [3.63, 3.8) is 0 Å². The van der Waals surface area contributed by atoms with E-state index < -0.39 is 28.8 Å². The van der Waals surface area contributed by atoms with Crippen molar-refractivity contribution in [3.8, 4) is 5.75 Å². The van der Waals surface area contributed by atoms with Gasteiger partial charge in [0.2, 0.25) is 0 Å². The standard InChI is InChI=1S/C10H8BrF3O2/c1-5(11)9(15)6-3-2-4-7(8(6)12)16-10(13)14/h2-5,10H,1H3. The van der Waals surface area contributed by atoms with E-state index in [1.807, 2.05) is 0 Å². The number of hydrogen-bond donors (Lipinski definition) is 0. The van der Waals surface area contributed by atoms with Crippen molar-refractivity contribution in [1.82, 2.24) is 0 Å². The molecule has 88 valence electrons. The summed E-state index contributed by atoms with van der Waals surface area (Å²) in [7, 11) is 0. The van der Waals surface area contributed by atoms with Gasteiger partial charge < -0.3 is 4.74 Å². The third-order valence-corrected chi connectivity index (χ3v) is 2.22. The number of carbonyl (C=O) groups is 1. The lowest BCUT2D eigenvalue weighted by atomic mass is 10.1. The summed E-state index contributed by atoms with van der Waals surface area (Å²) in [6.45, 7) is -1.61. The van der Waals surface area contributed by atoms with Crippen molar-refractivity contribution in [2.45, 2.75) is 18.4 Å². The van der Waals surface area contributed by atoms with Crippen LogP contribution < -0.4 is 4.74 Å². The van der Waals surface area contributed by atoms with Crippen LogP contribution in [0.2, 0.25) is 0 Å². The van der Waals surface area contributed by atoms with Gasteiger partial charge in [0.15, 0.2) is 17.3 Å². The first kappa shape index (κ1) is 13.0. The Bertz CT molecular complexity index is 394. The molecule has 0 radical (unpaired) electrons. The molecule has 0 spiro atoms. The predicted octanol–water partition coefficient (Wildman–Crippen LogP) is 3.39. The molecule has 0 N–H and O–H groups in total. The van der Waals surface area contributed by atoms with E-state index in [0.29, 0.717) is 0 Å². The molecule has 0 saturated heterocycles. The fraction of sp³-hybridized carbons (Fsp3) is 0.300. The Balaban J connectivity index is 3.08. The van der Waals surface area contributed by atoms with Crippen LogP contribution in [0, 0.1) is 5.82 Å². The molecule has 0 saturated carbocycles. The summed E-state index contributed by atoms with van der Waals surface area (Å²) >= 11 is 2.98. The van der Waals surface area contributed by atoms with E-state index >= 15 is 0 Å². The maximum atomic E-state index is 13.5. The zero-order chi connectivity index (χ0) is 12.3. The van der Waals surface area contributed by atoms with Crippen molar-refractivity contribution in [3.05, 3.63) is 29.6 Å². The van der Waals surface area contributed by atoms with Crippen LogP contribution in [-0.2, 0) is 0 Å². The molecule has 1 aromatic carbocycles. The molecule has 0 aliphatic rings. The van der Waals surface area contributed by atoms with Crippen LogP contribution in [0.25, 0.3) is 0 Å². The lowest BCUT2D eigenvalue weighted by Crippen LogP contribution is -2.13. The van der Waals surface area contributed by atoms with Crippen LogP contribution in [0.3, 0.4) is 0 Å². The fourth-order valence-electron chi connectivity index (χ4n) is 1.10. The monoisotopic (exact) mass is 296 g/mol. The van der Waals surface area contributed by atoms with Crippen LogP contribution in [0.15, 0.2) is 18.2 Å². The minimum atomic E-state index is -3.12. The van der Waals surface area contributed by atoms with Crippen molar-refractivity contribution in [2.75, 3.05) is 0 Å². The zero-order valence-electron chi connectivity index (χ0n) is 8.22. The Morgan fingerprint density at radius 1 is 1.44 bits per heavy atom. The molecule has 1 atom stereocenters. The Hall–Kier alpha value is -1.04. The number of carbonyl (C=O) groups excluding carboxylic acids is 1. The van der Waals surface area contributed by atoms with Gasteiger partial charge in [0.1, 0.15) is 0 Å². The average molecular weight is 297 g/mol. The van der Waals surface area contributed by atoms with Crippen molar-refractivity contribution >= 4 is 21.7 Å². The van der Waals surface area contributed by atoms with Gasteiger partial charge in [0.05, 0.1) is 10.4 Å². The highest BCUT2D eigenvalue weighted by Crippen LogP contribution is 2.24. The highest BCUT2D eigenvalue weighted by Gasteiger charge is 2.20. The molecule has 2 nitrogen and oxygen atoms in total. The molecular weight excluding hydrogens is 289 g/mol. The Morgan fingerprint density at radius 2 is 2.06 bits per heavy atom. The lowest BCUT2D eigenvalue weighted by molar-refractivity contribution is -0.0522. The van der Waals surface area contributed by atoms with Crippen LogP contribution in [0.5, 0.6) is 5.75 Å². The lowest BCUT2D eigenvalue weighted by Gasteiger charge is -2.09. The largest absolute Gasteiger partial charge is 0.432 e. The fourth-order valence-corrected chi connectivity index (χ4v) is 1.35. The summed E-state index contributed by atoms with van der Waals surface area (Å²) in [5.41, 5.74) is -0.275. The van der Waals surface area contributed by atoms with Gasteiger partial charge >= 0.3 is 6.61 Å². The molecule has 6 heteroatoms. The van der Waals surface area contributed by atoms with Crippen LogP contribution in [-0.4, -0.2) is 17.2 Å². The van der Waals surface area contributed by atoms with Crippen molar-refractivity contribution in [1.29, 1.82) is 0 Å². The molecule has 1 rings (SSSR count). The minimum absolute atomic E-state index is 0.275. The van der Waals surface area contributed by atoms with Gasteiger partial charge in [-0.3, -0.25) is 4.79 Å². The molecule has 0 aromatic heterocycles. The summed E-state index contributed by atoms with van der Waals surface area (Å²) in [5, 5.41) is 0. The quantitative estimate of drug-likeness (QED) is 0.629. The topological polar surface area (TPSA) is 26.3 Å². The first-order chi connectivity index (χ1) is 7.43. The van der Waals surface area contributed by atoms with Gasteiger partial charge in [0, 0.05) is 0 Å². The second kappa shape index (κ2) is 5.34. The molecule has 0 heterocycles. The second-order valence-electron chi connectivity index (χ2n) is 2.98. The normalized spacial score (nSPS) is 12.6. The van der Waals surface area contributed by atoms with Gasteiger partial charge in [-0.25, -0.2) is 4.39 Å². The Morgan fingerprint density at radius 3 is 2.56 bits per heavy atom. The predicted molar refractivity (Wildman–Crippen MR) is 55.8 cm³/mol. The number of rotatable bonds is 4. The van der Waals surface area contributed by atoms with E-state index in [0.717, 1.165) is 6.07 Å². The third-order valence-electron chi connectivity index (χ3n) is 1.81. The van der Waals surface area contributed by atoms with Crippen LogP contribution in [0.4, 0.5) is 13.2 Å². The number of ketones is 1. The van der Waals surface area contributed by atoms with Gasteiger partial charge in [0.25, 0.3) is 0 Å². The van der Waals surface area contributed by atoms with Crippen LogP contribution >= 0.6 is 15.9 Å². The smallest absolute Gasteiger partial charge is 0.387 e. The van der Waals surface area contributed by atoms with Crippen LogP contribution in [0.1, 0.15) is 17.3 Å². The number of ether oxygens (including phenoxy) is 1. The van der Waals surface area contributed by atoms with Gasteiger partial charge in [-0.15, -0.1) is 0 Å².